The lowest BCUT2D eigenvalue weighted by Crippen LogP contribution is -2.08. The van der Waals surface area contributed by atoms with Crippen molar-refractivity contribution in [1.82, 2.24) is 19.6 Å². The molecule has 0 radical (unpaired) electrons. The zero-order valence-electron chi connectivity index (χ0n) is 12.6. The van der Waals surface area contributed by atoms with Crippen LogP contribution in [0.15, 0.2) is 30.3 Å². The molecule has 1 aromatic carbocycles. The van der Waals surface area contributed by atoms with Crippen LogP contribution in [0.3, 0.4) is 0 Å². The van der Waals surface area contributed by atoms with Crippen LogP contribution in [0.5, 0.6) is 0 Å². The fraction of sp³-hybridized carbons (Fsp3) is 0.188. The van der Waals surface area contributed by atoms with E-state index in [4.69, 9.17) is 10.00 Å². The summed E-state index contributed by atoms with van der Waals surface area (Å²) in [6, 6.07) is 10.8. The number of fused-ring (bicyclic) bond motifs is 1. The monoisotopic (exact) mass is 307 g/mol. The smallest absolute Gasteiger partial charge is 0.378 e. The second-order valence-electron chi connectivity index (χ2n) is 5.03. The van der Waals surface area contributed by atoms with E-state index in [0.29, 0.717) is 16.9 Å². The number of aromatic nitrogens is 4. The quantitative estimate of drug-likeness (QED) is 0.687. The molecule has 0 N–H and O–H groups in total. The zero-order chi connectivity index (χ0) is 16.4. The lowest BCUT2D eigenvalue weighted by atomic mass is 10.1. The van der Waals surface area contributed by atoms with Crippen molar-refractivity contribution >= 4 is 11.7 Å². The highest BCUT2D eigenvalue weighted by Crippen LogP contribution is 2.11. The Bertz CT molecular complexity index is 939. The molecule has 7 heteroatoms. The first kappa shape index (κ1) is 14.7. The first-order valence-electron chi connectivity index (χ1n) is 6.94. The van der Waals surface area contributed by atoms with Crippen LogP contribution in [0.25, 0.3) is 5.78 Å². The number of nitrogens with zero attached hydrogens (tertiary/aromatic N) is 5. The number of benzene rings is 1. The maximum absolute atomic E-state index is 12.1. The third-order valence-corrected chi connectivity index (χ3v) is 3.30. The number of rotatable bonds is 3. The van der Waals surface area contributed by atoms with Gasteiger partial charge in [-0.3, -0.25) is 0 Å². The molecule has 0 saturated heterocycles. The van der Waals surface area contributed by atoms with Crippen LogP contribution in [-0.4, -0.2) is 25.6 Å². The summed E-state index contributed by atoms with van der Waals surface area (Å²) in [4.78, 5) is 20.4. The van der Waals surface area contributed by atoms with E-state index in [-0.39, 0.29) is 12.4 Å². The number of hydrogen-bond donors (Lipinski definition) is 0. The summed E-state index contributed by atoms with van der Waals surface area (Å²) in [5, 5.41) is 13.1. The molecule has 114 valence electrons. The molecule has 0 saturated carbocycles. The fourth-order valence-corrected chi connectivity index (χ4v) is 2.22. The lowest BCUT2D eigenvalue weighted by Gasteiger charge is -2.03. The minimum atomic E-state index is -0.653. The molecule has 0 unspecified atom stereocenters. The van der Waals surface area contributed by atoms with Crippen molar-refractivity contribution in [1.29, 1.82) is 5.26 Å². The molecule has 0 atom stereocenters. The molecule has 0 aliphatic rings. The number of aryl methyl sites for hydroxylation is 2. The SMILES string of the molecule is Cc1cc(C)n2nc(C(=O)OCc3ccccc3C#N)nc2n1. The number of ether oxygens (including phenoxy) is 1. The van der Waals surface area contributed by atoms with Gasteiger partial charge in [0, 0.05) is 17.0 Å². The number of esters is 1. The summed E-state index contributed by atoms with van der Waals surface area (Å²) < 4.78 is 6.69. The van der Waals surface area contributed by atoms with Crippen molar-refractivity contribution in [3.8, 4) is 6.07 Å². The number of carbonyl (C=O) groups excluding carboxylic acids is 1. The van der Waals surface area contributed by atoms with Gasteiger partial charge in [0.05, 0.1) is 11.6 Å². The summed E-state index contributed by atoms with van der Waals surface area (Å²) in [7, 11) is 0. The minimum Gasteiger partial charge on any atom is -0.455 e. The number of hydrogen-bond acceptors (Lipinski definition) is 6. The van der Waals surface area contributed by atoms with Crippen LogP contribution in [0.2, 0.25) is 0 Å². The van der Waals surface area contributed by atoms with Crippen LogP contribution >= 0.6 is 0 Å². The van der Waals surface area contributed by atoms with Crippen LogP contribution in [0.1, 0.15) is 33.1 Å². The van der Waals surface area contributed by atoms with Gasteiger partial charge in [-0.1, -0.05) is 18.2 Å². The molecule has 0 amide bonds. The van der Waals surface area contributed by atoms with E-state index in [1.165, 1.54) is 4.52 Å². The van der Waals surface area contributed by atoms with Gasteiger partial charge >= 0.3 is 5.97 Å². The van der Waals surface area contributed by atoms with E-state index in [9.17, 15) is 4.79 Å². The van der Waals surface area contributed by atoms with E-state index in [1.807, 2.05) is 19.9 Å². The van der Waals surface area contributed by atoms with Crippen molar-refractivity contribution in [2.45, 2.75) is 20.5 Å². The van der Waals surface area contributed by atoms with Gasteiger partial charge in [-0.15, -0.1) is 5.10 Å². The molecule has 2 heterocycles. The summed E-state index contributed by atoms with van der Waals surface area (Å²) in [6.07, 6.45) is 0. The molecule has 3 rings (SSSR count). The molecule has 23 heavy (non-hydrogen) atoms. The van der Waals surface area contributed by atoms with E-state index >= 15 is 0 Å². The van der Waals surface area contributed by atoms with Crippen LogP contribution in [0.4, 0.5) is 0 Å². The Balaban J connectivity index is 1.81. The van der Waals surface area contributed by atoms with Crippen molar-refractivity contribution in [3.05, 3.63) is 58.7 Å². The predicted molar refractivity (Wildman–Crippen MR) is 80.5 cm³/mol. The molecular formula is C16H13N5O2. The third-order valence-electron chi connectivity index (χ3n) is 3.30. The first-order chi connectivity index (χ1) is 11.1. The highest BCUT2D eigenvalue weighted by Gasteiger charge is 2.17. The van der Waals surface area contributed by atoms with Crippen molar-refractivity contribution in [3.63, 3.8) is 0 Å². The van der Waals surface area contributed by atoms with E-state index < -0.39 is 5.97 Å². The zero-order valence-corrected chi connectivity index (χ0v) is 12.6. The summed E-state index contributed by atoms with van der Waals surface area (Å²) in [6.45, 7) is 3.69. The Morgan fingerprint density at radius 2 is 2.09 bits per heavy atom. The van der Waals surface area contributed by atoms with Crippen molar-refractivity contribution in [2.24, 2.45) is 0 Å². The maximum Gasteiger partial charge on any atom is 0.378 e. The highest BCUT2D eigenvalue weighted by atomic mass is 16.5. The first-order valence-corrected chi connectivity index (χ1v) is 6.94. The van der Waals surface area contributed by atoms with Gasteiger partial charge < -0.3 is 4.74 Å². The van der Waals surface area contributed by atoms with Gasteiger partial charge in [-0.25, -0.2) is 14.3 Å². The predicted octanol–water partition coefficient (Wildman–Crippen LogP) is 1.97. The summed E-state index contributed by atoms with van der Waals surface area (Å²) >= 11 is 0. The topological polar surface area (TPSA) is 93.2 Å². The normalized spacial score (nSPS) is 10.5. The second-order valence-corrected chi connectivity index (χ2v) is 5.03. The molecule has 7 nitrogen and oxygen atoms in total. The molecule has 0 aliphatic heterocycles. The third kappa shape index (κ3) is 2.87. The average molecular weight is 307 g/mol. The Hall–Kier alpha value is -3.27. The molecule has 0 bridgehead atoms. The van der Waals surface area contributed by atoms with Crippen molar-refractivity contribution < 1.29 is 9.53 Å². The number of carbonyl (C=O) groups is 1. The molecular weight excluding hydrogens is 294 g/mol. The average Bonchev–Trinajstić information content (AvgIpc) is 2.97. The second kappa shape index (κ2) is 5.85. The van der Waals surface area contributed by atoms with Gasteiger partial charge in [0.25, 0.3) is 11.6 Å². The van der Waals surface area contributed by atoms with E-state index in [2.05, 4.69) is 21.1 Å². The Morgan fingerprint density at radius 1 is 1.30 bits per heavy atom. The van der Waals surface area contributed by atoms with Crippen LogP contribution in [-0.2, 0) is 11.3 Å². The number of nitriles is 1. The summed E-state index contributed by atoms with van der Waals surface area (Å²) in [5.74, 6) is -0.354. The largest absolute Gasteiger partial charge is 0.455 e. The van der Waals surface area contributed by atoms with Gasteiger partial charge in [-0.2, -0.15) is 10.2 Å². The van der Waals surface area contributed by atoms with Crippen molar-refractivity contribution in [2.75, 3.05) is 0 Å². The van der Waals surface area contributed by atoms with Gasteiger partial charge in [0.1, 0.15) is 6.61 Å². The molecule has 0 aliphatic carbocycles. The maximum atomic E-state index is 12.1. The summed E-state index contributed by atoms with van der Waals surface area (Å²) in [5.41, 5.74) is 2.73. The minimum absolute atomic E-state index is 0.0104. The highest BCUT2D eigenvalue weighted by molar-refractivity contribution is 5.85. The van der Waals surface area contributed by atoms with Crippen LogP contribution in [0, 0.1) is 25.2 Å². The van der Waals surface area contributed by atoms with Crippen LogP contribution < -0.4 is 0 Å². The van der Waals surface area contributed by atoms with Gasteiger partial charge in [0.2, 0.25) is 0 Å². The molecule has 3 aromatic rings. The fourth-order valence-electron chi connectivity index (χ4n) is 2.22. The molecule has 0 spiro atoms. The van der Waals surface area contributed by atoms with E-state index in [1.54, 1.807) is 24.3 Å². The Morgan fingerprint density at radius 3 is 2.87 bits per heavy atom. The lowest BCUT2D eigenvalue weighted by molar-refractivity contribution is 0.0458. The Labute approximate surface area is 132 Å². The van der Waals surface area contributed by atoms with Gasteiger partial charge in [0.15, 0.2) is 0 Å². The van der Waals surface area contributed by atoms with E-state index in [0.717, 1.165) is 11.4 Å². The Kier molecular flexibility index (Phi) is 3.73. The standard InChI is InChI=1S/C16H13N5O2/c1-10-7-11(2)21-16(18-10)19-14(20-21)15(22)23-9-13-6-4-3-5-12(13)8-17/h3-7H,9H2,1-2H3. The van der Waals surface area contributed by atoms with Gasteiger partial charge in [-0.05, 0) is 26.0 Å². The molecule has 2 aromatic heterocycles. The molecule has 0 fully saturated rings.